The fourth-order valence-electron chi connectivity index (χ4n) is 3.57. The molecule has 0 radical (unpaired) electrons. The maximum absolute atomic E-state index is 12.8. The van der Waals surface area contributed by atoms with Crippen LogP contribution in [0.2, 0.25) is 0 Å². The Morgan fingerprint density at radius 1 is 0.968 bits per heavy atom. The lowest BCUT2D eigenvalue weighted by Crippen LogP contribution is -2.41. The Morgan fingerprint density at radius 2 is 1.58 bits per heavy atom. The quantitative estimate of drug-likeness (QED) is 0.517. The predicted molar refractivity (Wildman–Crippen MR) is 112 cm³/mol. The van der Waals surface area contributed by atoms with Crippen molar-refractivity contribution in [2.24, 2.45) is 5.92 Å². The van der Waals surface area contributed by atoms with Crippen LogP contribution in [0.3, 0.4) is 0 Å². The monoisotopic (exact) mass is 430 g/mol. The first-order valence-corrected chi connectivity index (χ1v) is 9.88. The second kappa shape index (κ2) is 9.46. The molecule has 166 valence electrons. The molecule has 0 saturated carbocycles. The van der Waals surface area contributed by atoms with Crippen LogP contribution >= 0.6 is 0 Å². The highest BCUT2D eigenvalue weighted by Gasteiger charge is 2.25. The normalized spacial score (nSPS) is 14.2. The minimum Gasteiger partial charge on any atom is -0.504 e. The third-order valence-electron chi connectivity index (χ3n) is 5.42. The molecule has 2 aromatic rings. The largest absolute Gasteiger partial charge is 0.504 e. The van der Waals surface area contributed by atoms with E-state index in [9.17, 15) is 24.9 Å². The van der Waals surface area contributed by atoms with Crippen LogP contribution in [0, 0.1) is 5.92 Å². The predicted octanol–water partition coefficient (Wildman–Crippen LogP) is 2.10. The van der Waals surface area contributed by atoms with Crippen LogP contribution in [0.5, 0.6) is 28.7 Å². The summed E-state index contributed by atoms with van der Waals surface area (Å²) in [5.74, 6) is -1.09. The smallest absolute Gasteiger partial charge is 0.253 e. The van der Waals surface area contributed by atoms with E-state index < -0.39 is 23.2 Å². The Balaban J connectivity index is 1.53. The highest BCUT2D eigenvalue weighted by atomic mass is 16.5. The Bertz CT molecular complexity index is 945. The number of piperidine rings is 1. The van der Waals surface area contributed by atoms with Gasteiger partial charge in [-0.3, -0.25) is 9.59 Å². The Hall–Kier alpha value is -3.62. The summed E-state index contributed by atoms with van der Waals surface area (Å²) in [4.78, 5) is 26.9. The molecule has 0 atom stereocenters. The van der Waals surface area contributed by atoms with Gasteiger partial charge < -0.3 is 35.0 Å². The van der Waals surface area contributed by atoms with Crippen LogP contribution in [0.15, 0.2) is 30.3 Å². The highest BCUT2D eigenvalue weighted by molar-refractivity contribution is 5.96. The summed E-state index contributed by atoms with van der Waals surface area (Å²) >= 11 is 0. The molecule has 0 unspecified atom stereocenters. The van der Waals surface area contributed by atoms with Crippen molar-refractivity contribution in [1.82, 2.24) is 10.2 Å². The third kappa shape index (κ3) is 4.93. The van der Waals surface area contributed by atoms with Crippen molar-refractivity contribution in [3.63, 3.8) is 0 Å². The van der Waals surface area contributed by atoms with E-state index in [4.69, 9.17) is 9.47 Å². The van der Waals surface area contributed by atoms with Crippen LogP contribution in [0.1, 0.15) is 33.6 Å². The van der Waals surface area contributed by atoms with Gasteiger partial charge >= 0.3 is 0 Å². The van der Waals surface area contributed by atoms with E-state index in [2.05, 4.69) is 5.32 Å². The van der Waals surface area contributed by atoms with E-state index in [0.29, 0.717) is 36.7 Å². The number of phenolic OH excluding ortho intramolecular Hbond substituents is 3. The maximum Gasteiger partial charge on any atom is 0.253 e. The van der Waals surface area contributed by atoms with Gasteiger partial charge in [-0.25, -0.2) is 0 Å². The van der Waals surface area contributed by atoms with Gasteiger partial charge in [0.1, 0.15) is 0 Å². The molecule has 1 saturated heterocycles. The molecule has 1 aliphatic rings. The van der Waals surface area contributed by atoms with Crippen molar-refractivity contribution < 1.29 is 34.4 Å². The van der Waals surface area contributed by atoms with Gasteiger partial charge in [0.2, 0.25) is 0 Å². The van der Waals surface area contributed by atoms with Crippen molar-refractivity contribution in [2.45, 2.75) is 12.8 Å². The van der Waals surface area contributed by atoms with Crippen LogP contribution < -0.4 is 14.8 Å². The van der Waals surface area contributed by atoms with Crippen LogP contribution in [-0.4, -0.2) is 65.9 Å². The molecule has 0 spiro atoms. The SMILES string of the molecule is COc1ccc(C(=O)N2CCC(CNC(=O)c3cc(O)c(O)c(O)c3)CC2)cc1OC. The third-order valence-corrected chi connectivity index (χ3v) is 5.42. The average molecular weight is 430 g/mol. The zero-order valence-corrected chi connectivity index (χ0v) is 17.4. The molecule has 2 amide bonds. The van der Waals surface area contributed by atoms with E-state index >= 15 is 0 Å². The summed E-state index contributed by atoms with van der Waals surface area (Å²) in [6, 6.07) is 7.26. The Labute approximate surface area is 179 Å². The van der Waals surface area contributed by atoms with Crippen LogP contribution in [0.4, 0.5) is 0 Å². The summed E-state index contributed by atoms with van der Waals surface area (Å²) in [7, 11) is 3.06. The van der Waals surface area contributed by atoms with Gasteiger partial charge in [0, 0.05) is 30.8 Å². The second-order valence-corrected chi connectivity index (χ2v) is 7.38. The highest BCUT2D eigenvalue weighted by Crippen LogP contribution is 2.35. The molecule has 2 aromatic carbocycles. The second-order valence-electron chi connectivity index (χ2n) is 7.38. The molecule has 0 aliphatic carbocycles. The van der Waals surface area contributed by atoms with Crippen LogP contribution in [-0.2, 0) is 0 Å². The summed E-state index contributed by atoms with van der Waals surface area (Å²) in [5.41, 5.74) is 0.574. The number of phenols is 3. The van der Waals surface area contributed by atoms with E-state index in [1.807, 2.05) is 0 Å². The number of methoxy groups -OCH3 is 2. The number of likely N-dealkylation sites (tertiary alicyclic amines) is 1. The number of amides is 2. The van der Waals surface area contributed by atoms with Gasteiger partial charge in [-0.15, -0.1) is 0 Å². The average Bonchev–Trinajstić information content (AvgIpc) is 2.79. The van der Waals surface area contributed by atoms with Crippen LogP contribution in [0.25, 0.3) is 0 Å². The summed E-state index contributed by atoms with van der Waals surface area (Å²) in [6.45, 7) is 1.53. The molecular weight excluding hydrogens is 404 g/mol. The van der Waals surface area contributed by atoms with Gasteiger partial charge in [-0.1, -0.05) is 0 Å². The maximum atomic E-state index is 12.8. The number of hydrogen-bond acceptors (Lipinski definition) is 7. The van der Waals surface area contributed by atoms with Crippen molar-refractivity contribution >= 4 is 11.8 Å². The van der Waals surface area contributed by atoms with E-state index in [1.54, 1.807) is 23.1 Å². The van der Waals surface area contributed by atoms with Gasteiger partial charge in [0.25, 0.3) is 11.8 Å². The minimum absolute atomic E-state index is 0.0499. The number of ether oxygens (including phenoxy) is 2. The van der Waals surface area contributed by atoms with E-state index in [1.165, 1.54) is 14.2 Å². The number of nitrogens with zero attached hydrogens (tertiary/aromatic N) is 1. The summed E-state index contributed by atoms with van der Waals surface area (Å²) < 4.78 is 10.5. The Kier molecular flexibility index (Phi) is 6.74. The van der Waals surface area contributed by atoms with Crippen molar-refractivity contribution in [3.8, 4) is 28.7 Å². The summed E-state index contributed by atoms with van der Waals surface area (Å²) in [5, 5.41) is 31.2. The first-order chi connectivity index (χ1) is 14.8. The molecule has 4 N–H and O–H groups in total. The van der Waals surface area contributed by atoms with E-state index in [-0.39, 0.29) is 17.4 Å². The number of nitrogens with one attached hydrogen (secondary N) is 1. The Morgan fingerprint density at radius 3 is 2.16 bits per heavy atom. The molecule has 9 nitrogen and oxygen atoms in total. The van der Waals surface area contributed by atoms with Gasteiger partial charge in [0.15, 0.2) is 28.7 Å². The first-order valence-electron chi connectivity index (χ1n) is 9.88. The number of hydrogen-bond donors (Lipinski definition) is 4. The standard InChI is InChI=1S/C22H26N2O7/c1-30-18-4-3-14(11-19(18)31-2)22(29)24-7-5-13(6-8-24)12-23-21(28)15-9-16(25)20(27)17(26)10-15/h3-4,9-11,13,25-27H,5-8,12H2,1-2H3,(H,23,28). The first kappa shape index (κ1) is 22.1. The minimum atomic E-state index is -0.664. The lowest BCUT2D eigenvalue weighted by atomic mass is 9.96. The van der Waals surface area contributed by atoms with Gasteiger partial charge in [0.05, 0.1) is 14.2 Å². The van der Waals surface area contributed by atoms with Crippen molar-refractivity contribution in [1.29, 1.82) is 0 Å². The lowest BCUT2D eigenvalue weighted by molar-refractivity contribution is 0.0684. The molecule has 31 heavy (non-hydrogen) atoms. The number of rotatable bonds is 6. The fourth-order valence-corrected chi connectivity index (χ4v) is 3.57. The molecule has 3 rings (SSSR count). The molecule has 1 heterocycles. The zero-order valence-electron chi connectivity index (χ0n) is 17.4. The molecule has 1 aliphatic heterocycles. The summed E-state index contributed by atoms with van der Waals surface area (Å²) in [6.07, 6.45) is 1.46. The fraction of sp³-hybridized carbons (Fsp3) is 0.364. The molecular formula is C22H26N2O7. The van der Waals surface area contributed by atoms with Gasteiger partial charge in [-0.2, -0.15) is 0 Å². The molecule has 0 aromatic heterocycles. The van der Waals surface area contributed by atoms with Crippen molar-refractivity contribution in [2.75, 3.05) is 33.9 Å². The number of aromatic hydroxyl groups is 3. The zero-order chi connectivity index (χ0) is 22.5. The lowest BCUT2D eigenvalue weighted by Gasteiger charge is -2.32. The van der Waals surface area contributed by atoms with Gasteiger partial charge in [-0.05, 0) is 49.1 Å². The van der Waals surface area contributed by atoms with E-state index in [0.717, 1.165) is 25.0 Å². The molecule has 9 heteroatoms. The molecule has 0 bridgehead atoms. The topological polar surface area (TPSA) is 129 Å². The number of benzene rings is 2. The number of carbonyl (C=O) groups is 2. The number of carbonyl (C=O) groups excluding carboxylic acids is 2. The molecule has 1 fully saturated rings. The van der Waals surface area contributed by atoms with Crippen molar-refractivity contribution in [3.05, 3.63) is 41.5 Å².